The van der Waals surface area contributed by atoms with Crippen LogP contribution in [0.4, 0.5) is 4.39 Å². The Morgan fingerprint density at radius 2 is 1.76 bits per heavy atom. The molecule has 0 bridgehead atoms. The molecule has 0 aromatic heterocycles. The summed E-state index contributed by atoms with van der Waals surface area (Å²) >= 11 is 0. The second-order valence-corrected chi connectivity index (χ2v) is 5.15. The Balaban J connectivity index is 2.33. The number of nitrogens with two attached hydrogens (primary N) is 1. The zero-order valence-electron chi connectivity index (χ0n) is 12.6. The molecule has 0 saturated heterocycles. The van der Waals surface area contributed by atoms with E-state index in [9.17, 15) is 4.39 Å². The first-order valence-electron chi connectivity index (χ1n) is 7.44. The van der Waals surface area contributed by atoms with Crippen LogP contribution in [0.25, 0.3) is 0 Å². The maximum absolute atomic E-state index is 14.1. The number of hydrogen-bond donors (Lipinski definition) is 1. The molecule has 0 aliphatic heterocycles. The van der Waals surface area contributed by atoms with Gasteiger partial charge in [0.15, 0.2) is 0 Å². The van der Waals surface area contributed by atoms with Gasteiger partial charge in [-0.05, 0) is 43.0 Å². The molecule has 0 radical (unpaired) electrons. The summed E-state index contributed by atoms with van der Waals surface area (Å²) in [7, 11) is 0. The van der Waals surface area contributed by atoms with Crippen molar-refractivity contribution < 1.29 is 9.13 Å². The molecule has 0 aliphatic rings. The third-order valence-electron chi connectivity index (χ3n) is 3.64. The van der Waals surface area contributed by atoms with Crippen molar-refractivity contribution in [3.63, 3.8) is 0 Å². The quantitative estimate of drug-likeness (QED) is 0.851. The molecule has 1 unspecified atom stereocenters. The summed E-state index contributed by atoms with van der Waals surface area (Å²) < 4.78 is 20.1. The van der Waals surface area contributed by atoms with Crippen LogP contribution < -0.4 is 10.5 Å². The number of hydrogen-bond acceptors (Lipinski definition) is 2. The molecular formula is C18H22FNO. The van der Waals surface area contributed by atoms with Crippen LogP contribution in [-0.4, -0.2) is 6.04 Å². The second kappa shape index (κ2) is 7.23. The summed E-state index contributed by atoms with van der Waals surface area (Å²) in [6, 6.07) is 12.7. The van der Waals surface area contributed by atoms with Gasteiger partial charge in [-0.25, -0.2) is 4.39 Å². The van der Waals surface area contributed by atoms with Gasteiger partial charge in [-0.3, -0.25) is 0 Å². The molecule has 2 aromatic carbocycles. The predicted octanol–water partition coefficient (Wildman–Crippen LogP) is 4.46. The fourth-order valence-electron chi connectivity index (χ4n) is 2.25. The van der Waals surface area contributed by atoms with Gasteiger partial charge < -0.3 is 10.5 Å². The highest BCUT2D eigenvalue weighted by atomic mass is 19.1. The van der Waals surface area contributed by atoms with Crippen LogP contribution in [0, 0.1) is 5.82 Å². The van der Waals surface area contributed by atoms with Gasteiger partial charge in [0.2, 0.25) is 0 Å². The third-order valence-corrected chi connectivity index (χ3v) is 3.64. The molecule has 112 valence electrons. The number of rotatable bonds is 6. The number of halogens is 1. The van der Waals surface area contributed by atoms with Crippen LogP contribution in [0.15, 0.2) is 42.5 Å². The van der Waals surface area contributed by atoms with Crippen molar-refractivity contribution in [1.29, 1.82) is 0 Å². The van der Waals surface area contributed by atoms with Crippen molar-refractivity contribution in [2.45, 2.75) is 39.2 Å². The molecule has 0 heterocycles. The van der Waals surface area contributed by atoms with Crippen LogP contribution in [0.5, 0.6) is 11.5 Å². The Morgan fingerprint density at radius 3 is 2.48 bits per heavy atom. The Morgan fingerprint density at radius 1 is 1.05 bits per heavy atom. The molecule has 0 spiro atoms. The summed E-state index contributed by atoms with van der Waals surface area (Å²) in [5.74, 6) is 1.07. The summed E-state index contributed by atoms with van der Waals surface area (Å²) in [5, 5.41) is 0. The SMILES string of the molecule is CCc1ccccc1Oc1cccc(F)c1CC(N)CC. The van der Waals surface area contributed by atoms with Gasteiger partial charge >= 0.3 is 0 Å². The average Bonchev–Trinajstić information content (AvgIpc) is 2.51. The highest BCUT2D eigenvalue weighted by Gasteiger charge is 2.14. The molecule has 2 aromatic rings. The van der Waals surface area contributed by atoms with E-state index in [0.717, 1.165) is 24.2 Å². The van der Waals surface area contributed by atoms with Crippen molar-refractivity contribution in [2.75, 3.05) is 0 Å². The zero-order valence-corrected chi connectivity index (χ0v) is 12.6. The predicted molar refractivity (Wildman–Crippen MR) is 84.3 cm³/mol. The summed E-state index contributed by atoms with van der Waals surface area (Å²) in [4.78, 5) is 0. The molecule has 21 heavy (non-hydrogen) atoms. The fourth-order valence-corrected chi connectivity index (χ4v) is 2.25. The van der Waals surface area contributed by atoms with Crippen LogP contribution in [-0.2, 0) is 12.8 Å². The topological polar surface area (TPSA) is 35.2 Å². The first kappa shape index (κ1) is 15.5. The number of ether oxygens (including phenoxy) is 1. The van der Waals surface area contributed by atoms with E-state index in [-0.39, 0.29) is 11.9 Å². The van der Waals surface area contributed by atoms with Gasteiger partial charge in [0.05, 0.1) is 0 Å². The minimum Gasteiger partial charge on any atom is -0.457 e. The van der Waals surface area contributed by atoms with Crippen LogP contribution in [0.3, 0.4) is 0 Å². The number of benzene rings is 2. The Hall–Kier alpha value is -1.87. The summed E-state index contributed by atoms with van der Waals surface area (Å²) in [5.41, 5.74) is 7.63. The highest BCUT2D eigenvalue weighted by molar-refractivity contribution is 5.42. The minimum atomic E-state index is -0.259. The highest BCUT2D eigenvalue weighted by Crippen LogP contribution is 2.30. The van der Waals surface area contributed by atoms with Crippen molar-refractivity contribution in [3.05, 3.63) is 59.4 Å². The zero-order chi connectivity index (χ0) is 15.2. The van der Waals surface area contributed by atoms with Crippen LogP contribution >= 0.6 is 0 Å². The van der Waals surface area contributed by atoms with Crippen molar-refractivity contribution in [1.82, 2.24) is 0 Å². The molecule has 0 amide bonds. The standard InChI is InChI=1S/C18H22FNO/c1-3-13-8-5-6-10-17(13)21-18-11-7-9-16(19)15(18)12-14(20)4-2/h5-11,14H,3-4,12,20H2,1-2H3. The van der Waals surface area contributed by atoms with Gasteiger partial charge in [-0.1, -0.05) is 38.1 Å². The maximum Gasteiger partial charge on any atom is 0.133 e. The van der Waals surface area contributed by atoms with E-state index in [0.29, 0.717) is 17.7 Å². The first-order chi connectivity index (χ1) is 10.2. The summed E-state index contributed by atoms with van der Waals surface area (Å²) in [6.45, 7) is 4.07. The smallest absolute Gasteiger partial charge is 0.133 e. The van der Waals surface area contributed by atoms with Crippen LogP contribution in [0.1, 0.15) is 31.4 Å². The maximum atomic E-state index is 14.1. The molecule has 0 aliphatic carbocycles. The molecule has 2 rings (SSSR count). The van der Waals surface area contributed by atoms with E-state index < -0.39 is 0 Å². The second-order valence-electron chi connectivity index (χ2n) is 5.15. The molecule has 0 fully saturated rings. The van der Waals surface area contributed by atoms with Crippen molar-refractivity contribution in [3.8, 4) is 11.5 Å². The Kier molecular flexibility index (Phi) is 5.34. The van der Waals surface area contributed by atoms with E-state index in [1.165, 1.54) is 6.07 Å². The number of para-hydroxylation sites is 1. The largest absolute Gasteiger partial charge is 0.457 e. The van der Waals surface area contributed by atoms with Gasteiger partial charge in [0.1, 0.15) is 17.3 Å². The van der Waals surface area contributed by atoms with E-state index in [1.807, 2.05) is 31.2 Å². The minimum absolute atomic E-state index is 0.0642. The summed E-state index contributed by atoms with van der Waals surface area (Å²) in [6.07, 6.45) is 2.15. The van der Waals surface area contributed by atoms with E-state index in [1.54, 1.807) is 12.1 Å². The Bertz CT molecular complexity index is 598. The first-order valence-corrected chi connectivity index (χ1v) is 7.44. The lowest BCUT2D eigenvalue weighted by atomic mass is 10.0. The normalized spacial score (nSPS) is 12.2. The van der Waals surface area contributed by atoms with E-state index >= 15 is 0 Å². The monoisotopic (exact) mass is 287 g/mol. The van der Waals surface area contributed by atoms with Gasteiger partial charge in [0.25, 0.3) is 0 Å². The lowest BCUT2D eigenvalue weighted by Gasteiger charge is -2.16. The molecule has 3 heteroatoms. The Labute approximate surface area is 125 Å². The lowest BCUT2D eigenvalue weighted by Crippen LogP contribution is -2.22. The van der Waals surface area contributed by atoms with E-state index in [4.69, 9.17) is 10.5 Å². The van der Waals surface area contributed by atoms with Crippen LogP contribution in [0.2, 0.25) is 0 Å². The van der Waals surface area contributed by atoms with Crippen molar-refractivity contribution >= 4 is 0 Å². The molecule has 0 saturated carbocycles. The average molecular weight is 287 g/mol. The molecule has 1 atom stereocenters. The molecular weight excluding hydrogens is 265 g/mol. The van der Waals surface area contributed by atoms with Gasteiger partial charge in [-0.15, -0.1) is 0 Å². The number of aryl methyl sites for hydroxylation is 1. The van der Waals surface area contributed by atoms with Gasteiger partial charge in [0, 0.05) is 11.6 Å². The lowest BCUT2D eigenvalue weighted by molar-refractivity contribution is 0.456. The molecule has 2 nitrogen and oxygen atoms in total. The van der Waals surface area contributed by atoms with E-state index in [2.05, 4.69) is 6.92 Å². The fraction of sp³-hybridized carbons (Fsp3) is 0.333. The van der Waals surface area contributed by atoms with Gasteiger partial charge in [-0.2, -0.15) is 0 Å². The molecule has 2 N–H and O–H groups in total. The van der Waals surface area contributed by atoms with Crippen molar-refractivity contribution in [2.24, 2.45) is 5.73 Å². The third kappa shape index (κ3) is 3.82.